The molecule has 0 aliphatic heterocycles. The molecular formula is C16H28N2Si. The maximum absolute atomic E-state index is 4.21. The minimum atomic E-state index is 1.01. The van der Waals surface area contributed by atoms with E-state index in [4.69, 9.17) is 0 Å². The van der Waals surface area contributed by atoms with Crippen LogP contribution in [-0.4, -0.2) is 36.4 Å². The van der Waals surface area contributed by atoms with Crippen LogP contribution in [0.25, 0.3) is 5.20 Å². The van der Waals surface area contributed by atoms with Crippen molar-refractivity contribution >= 4 is 26.8 Å². The van der Waals surface area contributed by atoms with Gasteiger partial charge in [-0.25, -0.2) is 0 Å². The van der Waals surface area contributed by atoms with Crippen molar-refractivity contribution < 1.29 is 0 Å². The second-order valence-electron chi connectivity index (χ2n) is 4.80. The zero-order chi connectivity index (χ0) is 14.4. The molecule has 106 valence electrons. The Kier molecular flexibility index (Phi) is 6.16. The molecule has 2 nitrogen and oxygen atoms in total. The molecule has 1 aromatic carbocycles. The zero-order valence-electron chi connectivity index (χ0n) is 13.2. The lowest BCUT2D eigenvalue weighted by atomic mass is 10.1. The summed E-state index contributed by atoms with van der Waals surface area (Å²) in [5, 5.41) is 1.27. The van der Waals surface area contributed by atoms with Crippen molar-refractivity contribution in [3.05, 3.63) is 30.3 Å². The molecule has 0 aliphatic rings. The van der Waals surface area contributed by atoms with Gasteiger partial charge in [0.1, 0.15) is 0 Å². The highest BCUT2D eigenvalue weighted by molar-refractivity contribution is 6.42. The molecule has 3 heteroatoms. The normalized spacial score (nSPS) is 10.5. The van der Waals surface area contributed by atoms with E-state index in [1.807, 2.05) is 0 Å². The summed E-state index contributed by atoms with van der Waals surface area (Å²) in [6.45, 7) is 17.3. The van der Waals surface area contributed by atoms with Crippen LogP contribution in [0.2, 0.25) is 0 Å². The first-order valence-electron chi connectivity index (χ1n) is 7.39. The maximum Gasteiger partial charge on any atom is 0.0675 e. The molecule has 1 aromatic rings. The van der Waals surface area contributed by atoms with Crippen LogP contribution in [0.4, 0.5) is 11.4 Å². The van der Waals surface area contributed by atoms with E-state index in [9.17, 15) is 0 Å². The van der Waals surface area contributed by atoms with E-state index in [2.05, 4.69) is 62.3 Å². The van der Waals surface area contributed by atoms with Crippen LogP contribution in [0.3, 0.4) is 0 Å². The fourth-order valence-corrected chi connectivity index (χ4v) is 2.97. The molecule has 1 rings (SSSR count). The highest BCUT2D eigenvalue weighted by atomic mass is 28.1. The first-order valence-corrected chi connectivity index (χ1v) is 8.39. The lowest BCUT2D eigenvalue weighted by molar-refractivity contribution is 0.832. The van der Waals surface area contributed by atoms with Gasteiger partial charge in [-0.1, -0.05) is 17.3 Å². The van der Waals surface area contributed by atoms with E-state index >= 15 is 0 Å². The second kappa shape index (κ2) is 7.39. The molecular weight excluding hydrogens is 248 g/mol. The van der Waals surface area contributed by atoms with Gasteiger partial charge in [0.2, 0.25) is 0 Å². The number of hydrogen-bond donors (Lipinski definition) is 0. The summed E-state index contributed by atoms with van der Waals surface area (Å²) in [4.78, 5) is 4.88. The van der Waals surface area contributed by atoms with Gasteiger partial charge < -0.3 is 9.80 Å². The van der Waals surface area contributed by atoms with Crippen LogP contribution in [0.5, 0.6) is 0 Å². The Bertz CT molecular complexity index is 421. The Balaban J connectivity index is 3.45. The summed E-state index contributed by atoms with van der Waals surface area (Å²) in [6, 6.07) is 6.63. The van der Waals surface area contributed by atoms with Crippen molar-refractivity contribution in [1.29, 1.82) is 0 Å². The highest BCUT2D eigenvalue weighted by Crippen LogP contribution is 2.35. The van der Waals surface area contributed by atoms with Crippen molar-refractivity contribution in [3.8, 4) is 0 Å². The van der Waals surface area contributed by atoms with Gasteiger partial charge in [-0.3, -0.25) is 0 Å². The van der Waals surface area contributed by atoms with Gasteiger partial charge in [0, 0.05) is 36.4 Å². The van der Waals surface area contributed by atoms with Gasteiger partial charge in [0.25, 0.3) is 0 Å². The van der Waals surface area contributed by atoms with Crippen molar-refractivity contribution in [2.24, 2.45) is 0 Å². The summed E-state index contributed by atoms with van der Waals surface area (Å²) in [6.07, 6.45) is 0. The molecule has 0 fully saturated rings. The predicted molar refractivity (Wildman–Crippen MR) is 92.5 cm³/mol. The van der Waals surface area contributed by atoms with Crippen molar-refractivity contribution in [2.45, 2.75) is 27.7 Å². The molecule has 0 unspecified atom stereocenters. The topological polar surface area (TPSA) is 6.48 Å². The van der Waals surface area contributed by atoms with Crippen molar-refractivity contribution in [3.63, 3.8) is 0 Å². The van der Waals surface area contributed by atoms with Crippen LogP contribution in [0.15, 0.2) is 24.8 Å². The molecule has 0 radical (unpaired) electrons. The van der Waals surface area contributed by atoms with Crippen LogP contribution in [0, 0.1) is 0 Å². The number of hydrogen-bond acceptors (Lipinski definition) is 2. The summed E-state index contributed by atoms with van der Waals surface area (Å²) in [7, 11) is 1.01. The average Bonchev–Trinajstić information content (AvgIpc) is 2.42. The first kappa shape index (κ1) is 15.8. The Morgan fingerprint density at radius 1 is 1.00 bits per heavy atom. The van der Waals surface area contributed by atoms with Gasteiger partial charge in [-0.05, 0) is 39.3 Å². The molecule has 0 saturated carbocycles. The van der Waals surface area contributed by atoms with E-state index < -0.39 is 0 Å². The summed E-state index contributed by atoms with van der Waals surface area (Å²) >= 11 is 0. The number of para-hydroxylation sites is 1. The molecule has 0 saturated heterocycles. The van der Waals surface area contributed by atoms with Gasteiger partial charge in [0.15, 0.2) is 0 Å². The van der Waals surface area contributed by atoms with Crippen molar-refractivity contribution in [2.75, 3.05) is 36.0 Å². The third kappa shape index (κ3) is 3.41. The Morgan fingerprint density at radius 3 is 1.95 bits per heavy atom. The largest absolute Gasteiger partial charge is 0.370 e. The Morgan fingerprint density at radius 2 is 1.53 bits per heavy atom. The van der Waals surface area contributed by atoms with E-state index in [1.165, 1.54) is 22.1 Å². The van der Waals surface area contributed by atoms with Crippen LogP contribution < -0.4 is 9.80 Å². The number of rotatable bonds is 7. The summed E-state index contributed by atoms with van der Waals surface area (Å²) in [5.74, 6) is 0. The molecule has 0 atom stereocenters. The summed E-state index contributed by atoms with van der Waals surface area (Å²) in [5.41, 5.74) is 4.05. The first-order chi connectivity index (χ1) is 9.10. The number of benzene rings is 1. The predicted octanol–water partition coefficient (Wildman–Crippen LogP) is 2.72. The van der Waals surface area contributed by atoms with Gasteiger partial charge >= 0.3 is 0 Å². The third-order valence-corrected chi connectivity index (χ3v) is 4.20. The molecule has 0 amide bonds. The van der Waals surface area contributed by atoms with E-state index in [1.54, 1.807) is 0 Å². The van der Waals surface area contributed by atoms with Gasteiger partial charge in [-0.15, -0.1) is 6.58 Å². The average molecular weight is 276 g/mol. The van der Waals surface area contributed by atoms with Crippen LogP contribution in [-0.2, 0) is 0 Å². The molecule has 0 aliphatic carbocycles. The van der Waals surface area contributed by atoms with E-state index in [-0.39, 0.29) is 0 Å². The quantitative estimate of drug-likeness (QED) is 0.707. The minimum absolute atomic E-state index is 1.01. The SMILES string of the molecule is C=C([SiH3])c1cccc(N(CC)CC)c1N(CC)CC. The fraction of sp³-hybridized carbons (Fsp3) is 0.500. The smallest absolute Gasteiger partial charge is 0.0675 e. The second-order valence-corrected chi connectivity index (χ2v) is 6.01. The lowest BCUT2D eigenvalue weighted by Gasteiger charge is -2.32. The molecule has 0 N–H and O–H groups in total. The van der Waals surface area contributed by atoms with Crippen LogP contribution in [0.1, 0.15) is 33.3 Å². The highest BCUT2D eigenvalue weighted by Gasteiger charge is 2.16. The molecule has 0 aromatic heterocycles. The van der Waals surface area contributed by atoms with Crippen molar-refractivity contribution in [1.82, 2.24) is 0 Å². The fourth-order valence-electron chi connectivity index (χ4n) is 2.57. The maximum atomic E-state index is 4.21. The third-order valence-electron chi connectivity index (χ3n) is 3.66. The number of nitrogens with zero attached hydrogens (tertiary/aromatic N) is 2. The zero-order valence-corrected chi connectivity index (χ0v) is 15.2. The molecule has 0 bridgehead atoms. The Hall–Kier alpha value is -1.22. The molecule has 19 heavy (non-hydrogen) atoms. The van der Waals surface area contributed by atoms with Gasteiger partial charge in [-0.2, -0.15) is 0 Å². The van der Waals surface area contributed by atoms with Crippen LogP contribution >= 0.6 is 0 Å². The number of anilines is 2. The van der Waals surface area contributed by atoms with Gasteiger partial charge in [0.05, 0.1) is 11.4 Å². The summed E-state index contributed by atoms with van der Waals surface area (Å²) < 4.78 is 0. The standard InChI is InChI=1S/C16H28N2Si/c1-6-17(7-2)15-12-10-11-14(13(5)19)16(15)18(8-3)9-4/h10-12H,5-9H2,1-4,19H3. The Labute approximate surface area is 121 Å². The monoisotopic (exact) mass is 276 g/mol. The lowest BCUT2D eigenvalue weighted by Crippen LogP contribution is -2.29. The molecule has 0 spiro atoms. The minimum Gasteiger partial charge on any atom is -0.370 e. The van der Waals surface area contributed by atoms with E-state index in [0.29, 0.717) is 0 Å². The molecule has 0 heterocycles. The van der Waals surface area contributed by atoms with E-state index in [0.717, 1.165) is 36.4 Å².